The number of urea groups is 1. The number of aryl methyl sites for hydroxylation is 1. The number of methoxy groups -OCH3 is 1. The first-order chi connectivity index (χ1) is 10.1. The Morgan fingerprint density at radius 3 is 2.62 bits per heavy atom. The maximum atomic E-state index is 12.0. The van der Waals surface area contributed by atoms with Crippen LogP contribution in [0.3, 0.4) is 0 Å². The summed E-state index contributed by atoms with van der Waals surface area (Å²) in [6.07, 6.45) is 2.73. The molecule has 0 saturated carbocycles. The molecule has 0 spiro atoms. The van der Waals surface area contributed by atoms with Crippen molar-refractivity contribution in [2.45, 2.75) is 32.3 Å². The van der Waals surface area contributed by atoms with Gasteiger partial charge in [0.25, 0.3) is 0 Å². The van der Waals surface area contributed by atoms with Gasteiger partial charge in [-0.05, 0) is 30.5 Å². The molecule has 0 fully saturated rings. The minimum atomic E-state index is -0.679. The van der Waals surface area contributed by atoms with E-state index in [1.165, 1.54) is 30.4 Å². The van der Waals surface area contributed by atoms with Gasteiger partial charge in [-0.1, -0.05) is 25.5 Å². The van der Waals surface area contributed by atoms with Crippen molar-refractivity contribution < 1.29 is 14.6 Å². The van der Waals surface area contributed by atoms with E-state index in [2.05, 4.69) is 12.2 Å². The van der Waals surface area contributed by atoms with Crippen molar-refractivity contribution in [3.63, 3.8) is 0 Å². The molecule has 2 amide bonds. The van der Waals surface area contributed by atoms with Crippen molar-refractivity contribution >= 4 is 11.7 Å². The normalized spacial score (nSPS) is 12.0. The Labute approximate surface area is 126 Å². The summed E-state index contributed by atoms with van der Waals surface area (Å²) in [6.45, 7) is 2.61. The van der Waals surface area contributed by atoms with Crippen LogP contribution in [0, 0.1) is 0 Å². The number of unbranched alkanes of at least 4 members (excludes halogenated alkanes) is 1. The number of rotatable bonds is 8. The van der Waals surface area contributed by atoms with Crippen molar-refractivity contribution in [2.75, 3.05) is 32.6 Å². The van der Waals surface area contributed by atoms with Crippen LogP contribution < -0.4 is 5.32 Å². The van der Waals surface area contributed by atoms with Gasteiger partial charge in [-0.15, -0.1) is 0 Å². The smallest absolute Gasteiger partial charge is 0.321 e. The molecule has 2 N–H and O–H groups in total. The van der Waals surface area contributed by atoms with Gasteiger partial charge >= 0.3 is 6.03 Å². The van der Waals surface area contributed by atoms with Crippen LogP contribution in [0.4, 0.5) is 10.5 Å². The number of carbonyl (C=O) groups excluding carboxylic acids is 1. The van der Waals surface area contributed by atoms with Crippen LogP contribution in [0.2, 0.25) is 0 Å². The van der Waals surface area contributed by atoms with E-state index in [0.29, 0.717) is 0 Å². The average Bonchev–Trinajstić information content (AvgIpc) is 2.46. The molecule has 1 aromatic rings. The van der Waals surface area contributed by atoms with Crippen LogP contribution in [-0.2, 0) is 11.2 Å². The van der Waals surface area contributed by atoms with E-state index in [0.717, 1.165) is 12.1 Å². The molecule has 21 heavy (non-hydrogen) atoms. The highest BCUT2D eigenvalue weighted by Crippen LogP contribution is 2.12. The third-order valence-electron chi connectivity index (χ3n) is 3.21. The number of hydrogen-bond donors (Lipinski definition) is 2. The predicted molar refractivity (Wildman–Crippen MR) is 84.6 cm³/mol. The molecule has 1 aromatic carbocycles. The molecule has 0 aliphatic rings. The summed E-state index contributed by atoms with van der Waals surface area (Å²) < 4.78 is 4.84. The van der Waals surface area contributed by atoms with Gasteiger partial charge in [0, 0.05) is 19.8 Å². The van der Waals surface area contributed by atoms with Gasteiger partial charge in [0.2, 0.25) is 0 Å². The maximum Gasteiger partial charge on any atom is 0.321 e. The average molecular weight is 294 g/mol. The number of ether oxygens (including phenoxy) is 1. The standard InChI is InChI=1S/C16H26N2O3/c1-4-5-6-13-7-9-14(10-8-13)17-16(20)18(2)11-15(19)12-21-3/h7-10,15,19H,4-6,11-12H2,1-3H3,(H,17,20). The highest BCUT2D eigenvalue weighted by atomic mass is 16.5. The fourth-order valence-corrected chi connectivity index (χ4v) is 2.00. The number of hydrogen-bond acceptors (Lipinski definition) is 3. The molecule has 0 aliphatic heterocycles. The second-order valence-electron chi connectivity index (χ2n) is 5.22. The van der Waals surface area contributed by atoms with E-state index >= 15 is 0 Å². The SMILES string of the molecule is CCCCc1ccc(NC(=O)N(C)CC(O)COC)cc1. The van der Waals surface area contributed by atoms with Crippen LogP contribution in [-0.4, -0.2) is 49.5 Å². The second kappa shape index (κ2) is 9.37. The molecule has 5 nitrogen and oxygen atoms in total. The van der Waals surface area contributed by atoms with Crippen molar-refractivity contribution in [1.82, 2.24) is 4.90 Å². The summed E-state index contributed by atoms with van der Waals surface area (Å²) >= 11 is 0. The van der Waals surface area contributed by atoms with Crippen molar-refractivity contribution in [1.29, 1.82) is 0 Å². The van der Waals surface area contributed by atoms with Gasteiger partial charge in [0.1, 0.15) is 0 Å². The molecule has 1 unspecified atom stereocenters. The quantitative estimate of drug-likeness (QED) is 0.774. The maximum absolute atomic E-state index is 12.0. The lowest BCUT2D eigenvalue weighted by atomic mass is 10.1. The Morgan fingerprint density at radius 2 is 2.05 bits per heavy atom. The number of aliphatic hydroxyl groups is 1. The summed E-state index contributed by atoms with van der Waals surface area (Å²) in [5.74, 6) is 0. The third kappa shape index (κ3) is 6.60. The number of anilines is 1. The van der Waals surface area contributed by atoms with Crippen LogP contribution in [0.25, 0.3) is 0 Å². The third-order valence-corrected chi connectivity index (χ3v) is 3.21. The number of nitrogens with zero attached hydrogens (tertiary/aromatic N) is 1. The number of nitrogens with one attached hydrogen (secondary N) is 1. The first-order valence-electron chi connectivity index (χ1n) is 7.34. The molecule has 0 heterocycles. The van der Waals surface area contributed by atoms with E-state index in [1.54, 1.807) is 7.05 Å². The Morgan fingerprint density at radius 1 is 1.38 bits per heavy atom. The molecular weight excluding hydrogens is 268 g/mol. The lowest BCUT2D eigenvalue weighted by molar-refractivity contribution is 0.0501. The summed E-state index contributed by atoms with van der Waals surface area (Å²) in [7, 11) is 3.16. The summed E-state index contributed by atoms with van der Waals surface area (Å²) in [6, 6.07) is 7.63. The topological polar surface area (TPSA) is 61.8 Å². The molecule has 0 aliphatic carbocycles. The fourth-order valence-electron chi connectivity index (χ4n) is 2.00. The molecule has 0 radical (unpaired) electrons. The van der Waals surface area contributed by atoms with E-state index in [4.69, 9.17) is 4.74 Å². The molecule has 0 bridgehead atoms. The first kappa shape index (κ1) is 17.5. The van der Waals surface area contributed by atoms with E-state index in [-0.39, 0.29) is 19.2 Å². The van der Waals surface area contributed by atoms with Crippen LogP contribution in [0.5, 0.6) is 0 Å². The van der Waals surface area contributed by atoms with E-state index in [9.17, 15) is 9.90 Å². The zero-order valence-corrected chi connectivity index (χ0v) is 13.1. The van der Waals surface area contributed by atoms with E-state index < -0.39 is 6.10 Å². The Hall–Kier alpha value is -1.59. The number of amides is 2. The Kier molecular flexibility index (Phi) is 7.79. The summed E-state index contributed by atoms with van der Waals surface area (Å²) in [5.41, 5.74) is 2.03. The molecule has 0 saturated heterocycles. The van der Waals surface area contributed by atoms with Gasteiger partial charge < -0.3 is 20.1 Å². The van der Waals surface area contributed by atoms with Gasteiger partial charge in [-0.3, -0.25) is 0 Å². The van der Waals surface area contributed by atoms with Crippen LogP contribution in [0.15, 0.2) is 24.3 Å². The number of likely N-dealkylation sites (N-methyl/N-ethyl adjacent to an activating group) is 1. The number of benzene rings is 1. The largest absolute Gasteiger partial charge is 0.389 e. The second-order valence-corrected chi connectivity index (χ2v) is 5.22. The molecule has 118 valence electrons. The van der Waals surface area contributed by atoms with Crippen molar-refractivity contribution in [2.24, 2.45) is 0 Å². The monoisotopic (exact) mass is 294 g/mol. The minimum absolute atomic E-state index is 0.212. The van der Waals surface area contributed by atoms with Crippen molar-refractivity contribution in [3.05, 3.63) is 29.8 Å². The van der Waals surface area contributed by atoms with Gasteiger partial charge in [-0.25, -0.2) is 4.79 Å². The summed E-state index contributed by atoms with van der Waals surface area (Å²) in [5, 5.41) is 12.4. The highest BCUT2D eigenvalue weighted by molar-refractivity contribution is 5.89. The van der Waals surface area contributed by atoms with E-state index in [1.807, 2.05) is 24.3 Å². The molecule has 1 atom stereocenters. The van der Waals surface area contributed by atoms with Gasteiger partial charge in [0.15, 0.2) is 0 Å². The zero-order chi connectivity index (χ0) is 15.7. The minimum Gasteiger partial charge on any atom is -0.389 e. The molecular formula is C16H26N2O3. The molecule has 5 heteroatoms. The van der Waals surface area contributed by atoms with Gasteiger partial charge in [0.05, 0.1) is 19.3 Å². The zero-order valence-electron chi connectivity index (χ0n) is 13.1. The van der Waals surface area contributed by atoms with Crippen LogP contribution >= 0.6 is 0 Å². The molecule has 0 aromatic heterocycles. The Bertz CT molecular complexity index is 420. The van der Waals surface area contributed by atoms with Crippen LogP contribution in [0.1, 0.15) is 25.3 Å². The number of aliphatic hydroxyl groups excluding tert-OH is 1. The van der Waals surface area contributed by atoms with Crippen molar-refractivity contribution in [3.8, 4) is 0 Å². The lowest BCUT2D eigenvalue weighted by Gasteiger charge is -2.21. The highest BCUT2D eigenvalue weighted by Gasteiger charge is 2.13. The number of carbonyl (C=O) groups is 1. The Balaban J connectivity index is 2.46. The summed E-state index contributed by atoms with van der Waals surface area (Å²) in [4.78, 5) is 13.4. The fraction of sp³-hybridized carbons (Fsp3) is 0.562. The van der Waals surface area contributed by atoms with Gasteiger partial charge in [-0.2, -0.15) is 0 Å². The lowest BCUT2D eigenvalue weighted by Crippen LogP contribution is -2.38. The first-order valence-corrected chi connectivity index (χ1v) is 7.34. The predicted octanol–water partition coefficient (Wildman–Crippen LogP) is 2.50. The molecule has 1 rings (SSSR count).